The van der Waals surface area contributed by atoms with Crippen LogP contribution in [-0.4, -0.2) is 23.9 Å². The van der Waals surface area contributed by atoms with Crippen molar-refractivity contribution in [3.63, 3.8) is 0 Å². The zero-order valence-corrected chi connectivity index (χ0v) is 19.5. The topological polar surface area (TPSA) is 66.8 Å². The van der Waals surface area contributed by atoms with E-state index in [1.54, 1.807) is 25.3 Å². The molecule has 1 unspecified atom stereocenters. The van der Waals surface area contributed by atoms with Crippen molar-refractivity contribution in [2.75, 3.05) is 12.0 Å². The number of methoxy groups -OCH3 is 1. The number of aliphatic hydroxyl groups is 1. The van der Waals surface area contributed by atoms with E-state index < -0.39 is 17.7 Å². The van der Waals surface area contributed by atoms with Crippen LogP contribution in [0, 0.1) is 27.7 Å². The predicted molar refractivity (Wildman–Crippen MR) is 130 cm³/mol. The van der Waals surface area contributed by atoms with Crippen molar-refractivity contribution >= 4 is 23.1 Å². The van der Waals surface area contributed by atoms with Crippen LogP contribution in [0.5, 0.6) is 5.75 Å². The highest BCUT2D eigenvalue weighted by Gasteiger charge is 2.47. The number of benzene rings is 3. The molecule has 1 atom stereocenters. The summed E-state index contributed by atoms with van der Waals surface area (Å²) in [4.78, 5) is 28.1. The standard InChI is InChI=1S/C28H27NO4/c1-16-12-17(2)14-22(13-16)29-25(20-8-10-23(33-5)11-9-20)24(27(31)28(29)32)26(30)21-7-6-18(3)19(4)15-21/h6-15,25,30H,1-5H3/b26-24-. The molecule has 1 aliphatic heterocycles. The van der Waals surface area contributed by atoms with Crippen LogP contribution in [0.2, 0.25) is 0 Å². The number of hydrogen-bond donors (Lipinski definition) is 1. The van der Waals surface area contributed by atoms with Crippen molar-refractivity contribution < 1.29 is 19.4 Å². The Morgan fingerprint density at radius 3 is 2.06 bits per heavy atom. The van der Waals surface area contributed by atoms with E-state index in [4.69, 9.17) is 4.74 Å². The zero-order valence-electron chi connectivity index (χ0n) is 19.5. The van der Waals surface area contributed by atoms with Gasteiger partial charge in [0.2, 0.25) is 0 Å². The first-order valence-electron chi connectivity index (χ1n) is 10.8. The van der Waals surface area contributed by atoms with E-state index in [0.717, 1.165) is 22.3 Å². The second kappa shape index (κ2) is 8.58. The lowest BCUT2D eigenvalue weighted by molar-refractivity contribution is -0.132. The summed E-state index contributed by atoms with van der Waals surface area (Å²) >= 11 is 0. The highest BCUT2D eigenvalue weighted by Crippen LogP contribution is 2.43. The zero-order chi connectivity index (χ0) is 23.9. The molecule has 0 bridgehead atoms. The van der Waals surface area contributed by atoms with Crippen LogP contribution < -0.4 is 9.64 Å². The van der Waals surface area contributed by atoms with Crippen molar-refractivity contribution in [3.05, 3.63) is 99.6 Å². The number of aryl methyl sites for hydroxylation is 4. The van der Waals surface area contributed by atoms with Crippen LogP contribution in [0.15, 0.2) is 66.2 Å². The van der Waals surface area contributed by atoms with E-state index in [1.807, 2.05) is 70.2 Å². The molecule has 1 heterocycles. The summed E-state index contributed by atoms with van der Waals surface area (Å²) in [6.45, 7) is 7.83. The number of aliphatic hydroxyl groups excluding tert-OH is 1. The molecule has 1 fully saturated rings. The SMILES string of the molecule is COc1ccc(C2/C(=C(/O)c3ccc(C)c(C)c3)C(=O)C(=O)N2c2cc(C)cc(C)c2)cc1. The number of rotatable bonds is 4. The highest BCUT2D eigenvalue weighted by atomic mass is 16.5. The molecule has 0 aromatic heterocycles. The molecule has 0 radical (unpaired) electrons. The maximum Gasteiger partial charge on any atom is 0.300 e. The lowest BCUT2D eigenvalue weighted by atomic mass is 9.94. The average Bonchev–Trinajstić information content (AvgIpc) is 3.05. The minimum Gasteiger partial charge on any atom is -0.507 e. The number of carbonyl (C=O) groups excluding carboxylic acids is 2. The Bertz CT molecular complexity index is 1270. The molecule has 0 saturated carbocycles. The number of Topliss-reactive ketones (excluding diaryl/α,β-unsaturated/α-hetero) is 1. The minimum atomic E-state index is -0.765. The fraction of sp³-hybridized carbons (Fsp3) is 0.214. The van der Waals surface area contributed by atoms with Gasteiger partial charge in [-0.2, -0.15) is 0 Å². The molecule has 5 heteroatoms. The van der Waals surface area contributed by atoms with Gasteiger partial charge < -0.3 is 9.84 Å². The molecule has 33 heavy (non-hydrogen) atoms. The molecule has 1 N–H and O–H groups in total. The normalized spacial score (nSPS) is 17.5. The first kappa shape index (κ1) is 22.3. The van der Waals surface area contributed by atoms with E-state index in [0.29, 0.717) is 22.6 Å². The number of nitrogens with zero attached hydrogens (tertiary/aromatic N) is 1. The Morgan fingerprint density at radius 1 is 0.848 bits per heavy atom. The summed E-state index contributed by atoms with van der Waals surface area (Å²) in [5.41, 5.74) is 5.94. The third kappa shape index (κ3) is 4.02. The number of hydrogen-bond acceptors (Lipinski definition) is 4. The predicted octanol–water partition coefficient (Wildman–Crippen LogP) is 5.56. The number of carbonyl (C=O) groups is 2. The largest absolute Gasteiger partial charge is 0.507 e. The Morgan fingerprint density at radius 2 is 1.48 bits per heavy atom. The molecule has 168 valence electrons. The van der Waals surface area contributed by atoms with Crippen molar-refractivity contribution in [3.8, 4) is 5.75 Å². The number of ketones is 1. The lowest BCUT2D eigenvalue weighted by Crippen LogP contribution is -2.29. The van der Waals surface area contributed by atoms with Gasteiger partial charge in [0.15, 0.2) is 0 Å². The lowest BCUT2D eigenvalue weighted by Gasteiger charge is -2.26. The highest BCUT2D eigenvalue weighted by molar-refractivity contribution is 6.51. The smallest absolute Gasteiger partial charge is 0.300 e. The third-order valence-corrected chi connectivity index (χ3v) is 6.14. The Labute approximate surface area is 193 Å². The average molecular weight is 442 g/mol. The van der Waals surface area contributed by atoms with Gasteiger partial charge in [-0.1, -0.05) is 30.3 Å². The van der Waals surface area contributed by atoms with Crippen LogP contribution in [0.3, 0.4) is 0 Å². The molecule has 5 nitrogen and oxygen atoms in total. The second-order valence-corrected chi connectivity index (χ2v) is 8.59. The maximum atomic E-state index is 13.3. The fourth-order valence-electron chi connectivity index (χ4n) is 4.33. The molecular weight excluding hydrogens is 414 g/mol. The summed E-state index contributed by atoms with van der Waals surface area (Å²) in [5, 5.41) is 11.3. The van der Waals surface area contributed by atoms with E-state index in [-0.39, 0.29) is 11.3 Å². The summed E-state index contributed by atoms with van der Waals surface area (Å²) in [6, 6.07) is 17.7. The van der Waals surface area contributed by atoms with Crippen LogP contribution >= 0.6 is 0 Å². The molecule has 1 saturated heterocycles. The first-order valence-corrected chi connectivity index (χ1v) is 10.8. The molecule has 0 aliphatic carbocycles. The van der Waals surface area contributed by atoms with E-state index >= 15 is 0 Å². The van der Waals surface area contributed by atoms with Gasteiger partial charge >= 0.3 is 0 Å². The van der Waals surface area contributed by atoms with Crippen molar-refractivity contribution in [2.45, 2.75) is 33.7 Å². The van der Waals surface area contributed by atoms with Gasteiger partial charge in [-0.3, -0.25) is 14.5 Å². The summed E-state index contributed by atoms with van der Waals surface area (Å²) < 4.78 is 5.28. The monoisotopic (exact) mass is 441 g/mol. The molecule has 4 rings (SSSR count). The molecule has 3 aromatic carbocycles. The van der Waals surface area contributed by atoms with Crippen molar-refractivity contribution in [1.82, 2.24) is 0 Å². The van der Waals surface area contributed by atoms with Gasteiger partial charge in [-0.15, -0.1) is 0 Å². The second-order valence-electron chi connectivity index (χ2n) is 8.59. The van der Waals surface area contributed by atoms with Gasteiger partial charge in [0.1, 0.15) is 11.5 Å². The minimum absolute atomic E-state index is 0.0765. The van der Waals surface area contributed by atoms with Gasteiger partial charge in [0, 0.05) is 11.3 Å². The van der Waals surface area contributed by atoms with E-state index in [2.05, 4.69) is 0 Å². The fourth-order valence-corrected chi connectivity index (χ4v) is 4.33. The molecule has 0 spiro atoms. The molecular formula is C28H27NO4. The molecule has 1 aliphatic rings. The molecule has 1 amide bonds. The maximum absolute atomic E-state index is 13.3. The Balaban J connectivity index is 1.96. The van der Waals surface area contributed by atoms with Crippen LogP contribution in [0.1, 0.15) is 39.4 Å². The van der Waals surface area contributed by atoms with Crippen LogP contribution in [-0.2, 0) is 9.59 Å². The Kier molecular flexibility index (Phi) is 5.81. The number of amides is 1. The summed E-state index contributed by atoms with van der Waals surface area (Å²) in [5.74, 6) is -0.877. The van der Waals surface area contributed by atoms with Gasteiger partial charge in [0.05, 0.1) is 18.7 Å². The van der Waals surface area contributed by atoms with Gasteiger partial charge in [-0.05, 0) is 85.8 Å². The van der Waals surface area contributed by atoms with Crippen molar-refractivity contribution in [1.29, 1.82) is 0 Å². The van der Waals surface area contributed by atoms with Gasteiger partial charge in [0.25, 0.3) is 11.7 Å². The van der Waals surface area contributed by atoms with Gasteiger partial charge in [-0.25, -0.2) is 0 Å². The Hall–Kier alpha value is -3.86. The quantitative estimate of drug-likeness (QED) is 0.327. The summed E-state index contributed by atoms with van der Waals surface area (Å²) in [6.07, 6.45) is 0. The van der Waals surface area contributed by atoms with E-state index in [9.17, 15) is 14.7 Å². The molecule has 3 aromatic rings. The first-order chi connectivity index (χ1) is 15.7. The van der Waals surface area contributed by atoms with Crippen molar-refractivity contribution in [2.24, 2.45) is 0 Å². The number of ether oxygens (including phenoxy) is 1. The van der Waals surface area contributed by atoms with E-state index in [1.165, 1.54) is 4.90 Å². The third-order valence-electron chi connectivity index (χ3n) is 6.14. The van der Waals surface area contributed by atoms with Crippen LogP contribution in [0.25, 0.3) is 5.76 Å². The summed E-state index contributed by atoms with van der Waals surface area (Å²) in [7, 11) is 1.58. The van der Waals surface area contributed by atoms with Crippen LogP contribution in [0.4, 0.5) is 5.69 Å². The number of anilines is 1.